The first kappa shape index (κ1) is 19.0. The largest absolute Gasteiger partial charge is 0.490 e. The van der Waals surface area contributed by atoms with E-state index in [1.54, 1.807) is 12.4 Å². The van der Waals surface area contributed by atoms with Crippen LogP contribution in [0.25, 0.3) is 0 Å². The highest BCUT2D eigenvalue weighted by Gasteiger charge is 2.32. The Labute approximate surface area is 160 Å². The van der Waals surface area contributed by atoms with E-state index in [1.807, 2.05) is 56.0 Å². The summed E-state index contributed by atoms with van der Waals surface area (Å²) in [7, 11) is 0. The van der Waals surface area contributed by atoms with Crippen molar-refractivity contribution in [3.8, 4) is 11.5 Å². The van der Waals surface area contributed by atoms with Gasteiger partial charge in [0, 0.05) is 31.4 Å². The van der Waals surface area contributed by atoms with Gasteiger partial charge in [-0.25, -0.2) is 4.79 Å². The number of hydrogen-bond acceptors (Lipinski definition) is 4. The van der Waals surface area contributed by atoms with Crippen molar-refractivity contribution in [2.45, 2.75) is 32.7 Å². The number of hydrogen-bond donors (Lipinski definition) is 1. The summed E-state index contributed by atoms with van der Waals surface area (Å²) < 4.78 is 11.3. The van der Waals surface area contributed by atoms with E-state index in [1.165, 1.54) is 5.56 Å². The molecule has 6 heteroatoms. The van der Waals surface area contributed by atoms with Crippen LogP contribution in [0, 0.1) is 0 Å². The zero-order valence-electron chi connectivity index (χ0n) is 16.1. The molecule has 27 heavy (non-hydrogen) atoms. The van der Waals surface area contributed by atoms with E-state index in [4.69, 9.17) is 9.47 Å². The average molecular weight is 369 g/mol. The molecule has 2 amide bonds. The van der Waals surface area contributed by atoms with Gasteiger partial charge in [-0.2, -0.15) is 0 Å². The lowest BCUT2D eigenvalue weighted by atomic mass is 9.92. The quantitative estimate of drug-likeness (QED) is 0.807. The second kappa shape index (κ2) is 8.75. The normalized spacial score (nSPS) is 15.0. The van der Waals surface area contributed by atoms with E-state index >= 15 is 0 Å². The molecule has 1 aliphatic heterocycles. The predicted molar refractivity (Wildman–Crippen MR) is 104 cm³/mol. The third-order valence-corrected chi connectivity index (χ3v) is 4.75. The summed E-state index contributed by atoms with van der Waals surface area (Å²) in [4.78, 5) is 18.4. The zero-order chi connectivity index (χ0) is 19.2. The van der Waals surface area contributed by atoms with Gasteiger partial charge in [-0.15, -0.1) is 0 Å². The number of urea groups is 1. The number of carbonyl (C=O) groups excluding carboxylic acids is 1. The number of amides is 2. The molecule has 1 atom stereocenters. The van der Waals surface area contributed by atoms with Crippen LogP contribution in [0.5, 0.6) is 11.5 Å². The van der Waals surface area contributed by atoms with Gasteiger partial charge >= 0.3 is 6.03 Å². The smallest absolute Gasteiger partial charge is 0.317 e. The van der Waals surface area contributed by atoms with Crippen LogP contribution in [0.1, 0.15) is 43.9 Å². The Bertz CT molecular complexity index is 761. The van der Waals surface area contributed by atoms with Gasteiger partial charge in [0.1, 0.15) is 0 Å². The number of likely N-dealkylation sites (tertiary alicyclic amines) is 1. The lowest BCUT2D eigenvalue weighted by molar-refractivity contribution is 0.148. The summed E-state index contributed by atoms with van der Waals surface area (Å²) >= 11 is 0. The van der Waals surface area contributed by atoms with Gasteiger partial charge < -0.3 is 19.7 Å². The topological polar surface area (TPSA) is 63.7 Å². The fraction of sp³-hybridized carbons (Fsp3) is 0.429. The van der Waals surface area contributed by atoms with Gasteiger partial charge in [0.25, 0.3) is 0 Å². The Balaban J connectivity index is 1.58. The van der Waals surface area contributed by atoms with Gasteiger partial charge in [-0.05, 0) is 56.2 Å². The molecule has 0 aliphatic carbocycles. The van der Waals surface area contributed by atoms with E-state index in [-0.39, 0.29) is 12.1 Å². The number of benzene rings is 1. The molecule has 1 N–H and O–H groups in total. The summed E-state index contributed by atoms with van der Waals surface area (Å²) in [5.41, 5.74) is 2.22. The van der Waals surface area contributed by atoms with E-state index in [0.717, 1.165) is 24.4 Å². The van der Waals surface area contributed by atoms with Crippen LogP contribution in [0.3, 0.4) is 0 Å². The number of nitrogens with zero attached hydrogens (tertiary/aromatic N) is 2. The molecule has 0 spiro atoms. The fourth-order valence-corrected chi connectivity index (χ4v) is 3.19. The summed E-state index contributed by atoms with van der Waals surface area (Å²) in [5, 5.41) is 3.07. The minimum atomic E-state index is -0.118. The Morgan fingerprint density at radius 3 is 2.48 bits per heavy atom. The average Bonchev–Trinajstić information content (AvgIpc) is 2.63. The molecular weight excluding hydrogens is 342 g/mol. The molecule has 1 aliphatic rings. The molecule has 3 rings (SSSR count). The standard InChI is InChI=1S/C21H27N3O3/c1-4-26-19-7-6-17(12-20(19)27-5-2)15(3)23-21(25)24-13-18(14-24)16-8-10-22-11-9-16/h6-12,15,18H,4-5,13-14H2,1-3H3,(H,23,25). The van der Waals surface area contributed by atoms with E-state index < -0.39 is 0 Å². The van der Waals surface area contributed by atoms with Crippen LogP contribution < -0.4 is 14.8 Å². The highest BCUT2D eigenvalue weighted by molar-refractivity contribution is 5.76. The van der Waals surface area contributed by atoms with Crippen LogP contribution in [-0.2, 0) is 0 Å². The maximum Gasteiger partial charge on any atom is 0.317 e. The third-order valence-electron chi connectivity index (χ3n) is 4.75. The van der Waals surface area contributed by atoms with Crippen LogP contribution in [0.4, 0.5) is 4.79 Å². The van der Waals surface area contributed by atoms with Crippen molar-refractivity contribution in [2.75, 3.05) is 26.3 Å². The first-order chi connectivity index (χ1) is 13.1. The highest BCUT2D eigenvalue weighted by atomic mass is 16.5. The maximum atomic E-state index is 12.5. The van der Waals surface area contributed by atoms with Crippen molar-refractivity contribution in [1.29, 1.82) is 0 Å². The molecule has 0 saturated carbocycles. The second-order valence-corrected chi connectivity index (χ2v) is 6.63. The SMILES string of the molecule is CCOc1ccc(C(C)NC(=O)N2CC(c3ccncc3)C2)cc1OCC. The zero-order valence-corrected chi connectivity index (χ0v) is 16.1. The Morgan fingerprint density at radius 1 is 1.15 bits per heavy atom. The van der Waals surface area contributed by atoms with Crippen LogP contribution >= 0.6 is 0 Å². The van der Waals surface area contributed by atoms with Crippen LogP contribution in [0.2, 0.25) is 0 Å². The molecule has 0 bridgehead atoms. The Morgan fingerprint density at radius 2 is 1.81 bits per heavy atom. The fourth-order valence-electron chi connectivity index (χ4n) is 3.19. The van der Waals surface area contributed by atoms with Crippen LogP contribution in [0.15, 0.2) is 42.7 Å². The van der Waals surface area contributed by atoms with E-state index in [9.17, 15) is 4.79 Å². The van der Waals surface area contributed by atoms with Gasteiger partial charge in [0.2, 0.25) is 0 Å². The van der Waals surface area contributed by atoms with Crippen molar-refractivity contribution in [2.24, 2.45) is 0 Å². The van der Waals surface area contributed by atoms with E-state index in [2.05, 4.69) is 10.3 Å². The molecule has 0 radical (unpaired) electrons. The number of nitrogens with one attached hydrogen (secondary N) is 1. The lowest BCUT2D eigenvalue weighted by Gasteiger charge is -2.40. The highest BCUT2D eigenvalue weighted by Crippen LogP contribution is 2.31. The minimum absolute atomic E-state index is 0.0420. The summed E-state index contributed by atoms with van der Waals surface area (Å²) in [5.74, 6) is 1.83. The van der Waals surface area contributed by atoms with Gasteiger partial charge in [0.15, 0.2) is 11.5 Å². The predicted octanol–water partition coefficient (Wildman–Crippen LogP) is 3.75. The van der Waals surface area contributed by atoms with Gasteiger partial charge in [-0.3, -0.25) is 4.98 Å². The first-order valence-corrected chi connectivity index (χ1v) is 9.47. The van der Waals surface area contributed by atoms with Crippen LogP contribution in [-0.4, -0.2) is 42.2 Å². The number of pyridine rings is 1. The lowest BCUT2D eigenvalue weighted by Crippen LogP contribution is -2.52. The molecule has 6 nitrogen and oxygen atoms in total. The summed E-state index contributed by atoms with van der Waals surface area (Å²) in [6, 6.07) is 9.67. The molecule has 1 aromatic carbocycles. The van der Waals surface area contributed by atoms with Crippen molar-refractivity contribution < 1.29 is 14.3 Å². The van der Waals surface area contributed by atoms with Crippen molar-refractivity contribution in [3.63, 3.8) is 0 Å². The first-order valence-electron chi connectivity index (χ1n) is 9.47. The number of aromatic nitrogens is 1. The summed E-state index contributed by atoms with van der Waals surface area (Å²) in [6.07, 6.45) is 3.59. The van der Waals surface area contributed by atoms with Gasteiger partial charge in [-0.1, -0.05) is 6.07 Å². The number of carbonyl (C=O) groups is 1. The Hall–Kier alpha value is -2.76. The molecule has 144 valence electrons. The second-order valence-electron chi connectivity index (χ2n) is 6.63. The summed E-state index contributed by atoms with van der Waals surface area (Å²) in [6.45, 7) is 8.47. The molecule has 1 saturated heterocycles. The molecule has 1 unspecified atom stereocenters. The maximum absolute atomic E-state index is 12.5. The number of rotatable bonds is 7. The van der Waals surface area contributed by atoms with Crippen molar-refractivity contribution >= 4 is 6.03 Å². The molecule has 1 aromatic heterocycles. The molecular formula is C21H27N3O3. The van der Waals surface area contributed by atoms with E-state index in [0.29, 0.717) is 24.9 Å². The Kier molecular flexibility index (Phi) is 6.16. The van der Waals surface area contributed by atoms with Crippen molar-refractivity contribution in [3.05, 3.63) is 53.9 Å². The van der Waals surface area contributed by atoms with Gasteiger partial charge in [0.05, 0.1) is 19.3 Å². The van der Waals surface area contributed by atoms with Crippen molar-refractivity contribution in [1.82, 2.24) is 15.2 Å². The minimum Gasteiger partial charge on any atom is -0.490 e. The monoisotopic (exact) mass is 369 g/mol. The molecule has 2 aromatic rings. The molecule has 1 fully saturated rings. The number of ether oxygens (including phenoxy) is 2. The molecule has 2 heterocycles. The third kappa shape index (κ3) is 4.51.